The van der Waals surface area contributed by atoms with Gasteiger partial charge in [0.1, 0.15) is 12.3 Å². The standard InChI is InChI=1S/C25H24Cl2N4O5S/c1-37(34,35)31(20-9-12-22(26)23(27)13-20)16-24(32)30-29-15-19-7-10-21(11-8-19)36-17-25(33)28-14-18-5-3-2-4-6-18/h2-13,15H,14,16-17H2,1H3,(H,28,33)(H,30,32)/b29-15-. The number of carbonyl (C=O) groups excluding carboxylic acids is 2. The molecule has 0 spiro atoms. The number of halogens is 2. The highest BCUT2D eigenvalue weighted by atomic mass is 35.5. The Morgan fingerprint density at radius 2 is 1.68 bits per heavy atom. The molecule has 2 N–H and O–H groups in total. The first-order valence-corrected chi connectivity index (χ1v) is 13.5. The zero-order valence-corrected chi connectivity index (χ0v) is 22.1. The fraction of sp³-hybridized carbons (Fsp3) is 0.160. The van der Waals surface area contributed by atoms with Gasteiger partial charge in [-0.15, -0.1) is 0 Å². The summed E-state index contributed by atoms with van der Waals surface area (Å²) < 4.78 is 30.7. The first-order valence-electron chi connectivity index (χ1n) is 10.9. The van der Waals surface area contributed by atoms with Crippen LogP contribution in [0.3, 0.4) is 0 Å². The molecule has 0 unspecified atom stereocenters. The van der Waals surface area contributed by atoms with Gasteiger partial charge in [0.25, 0.3) is 11.8 Å². The Labute approximate surface area is 225 Å². The number of sulfonamides is 1. The van der Waals surface area contributed by atoms with Gasteiger partial charge in [-0.25, -0.2) is 13.8 Å². The third-order valence-corrected chi connectivity index (χ3v) is 6.74. The molecule has 0 aliphatic rings. The highest BCUT2D eigenvalue weighted by molar-refractivity contribution is 7.92. The molecule has 0 bridgehead atoms. The molecule has 3 aromatic rings. The van der Waals surface area contributed by atoms with E-state index in [9.17, 15) is 18.0 Å². The molecule has 37 heavy (non-hydrogen) atoms. The minimum atomic E-state index is -3.78. The Morgan fingerprint density at radius 1 is 0.973 bits per heavy atom. The average molecular weight is 563 g/mol. The number of ether oxygens (including phenoxy) is 1. The Bertz CT molecular complexity index is 1370. The van der Waals surface area contributed by atoms with Gasteiger partial charge in [-0.05, 0) is 53.6 Å². The first-order chi connectivity index (χ1) is 17.6. The highest BCUT2D eigenvalue weighted by Crippen LogP contribution is 2.28. The molecular formula is C25H24Cl2N4O5S. The van der Waals surface area contributed by atoms with E-state index < -0.39 is 22.5 Å². The van der Waals surface area contributed by atoms with Gasteiger partial charge in [-0.2, -0.15) is 5.10 Å². The number of benzene rings is 3. The SMILES string of the molecule is CS(=O)(=O)N(CC(=O)N/N=C\c1ccc(OCC(=O)NCc2ccccc2)cc1)c1ccc(Cl)c(Cl)c1. The second-order valence-electron chi connectivity index (χ2n) is 7.78. The highest BCUT2D eigenvalue weighted by Gasteiger charge is 2.21. The summed E-state index contributed by atoms with van der Waals surface area (Å²) in [5, 5.41) is 7.06. The van der Waals surface area contributed by atoms with Gasteiger partial charge in [0.15, 0.2) is 6.61 Å². The van der Waals surface area contributed by atoms with Gasteiger partial charge in [0.2, 0.25) is 10.0 Å². The molecule has 0 heterocycles. The molecule has 0 saturated heterocycles. The molecule has 0 radical (unpaired) electrons. The molecule has 0 aliphatic heterocycles. The molecule has 12 heteroatoms. The largest absolute Gasteiger partial charge is 0.484 e. The fourth-order valence-corrected chi connectivity index (χ4v) is 4.17. The van der Waals surface area contributed by atoms with Crippen LogP contribution >= 0.6 is 23.2 Å². The van der Waals surface area contributed by atoms with Crippen molar-refractivity contribution in [2.24, 2.45) is 5.10 Å². The lowest BCUT2D eigenvalue weighted by molar-refractivity contribution is -0.123. The summed E-state index contributed by atoms with van der Waals surface area (Å²) >= 11 is 11.9. The molecule has 0 saturated carbocycles. The normalized spacial score (nSPS) is 11.2. The van der Waals surface area contributed by atoms with Crippen molar-refractivity contribution < 1.29 is 22.7 Å². The number of nitrogens with zero attached hydrogens (tertiary/aromatic N) is 2. The third-order valence-electron chi connectivity index (χ3n) is 4.86. The molecule has 9 nitrogen and oxygen atoms in total. The lowest BCUT2D eigenvalue weighted by Crippen LogP contribution is -2.39. The lowest BCUT2D eigenvalue weighted by atomic mass is 10.2. The smallest absolute Gasteiger partial charge is 0.260 e. The van der Waals surface area contributed by atoms with Crippen molar-refractivity contribution in [3.8, 4) is 5.75 Å². The molecule has 0 fully saturated rings. The quantitative estimate of drug-likeness (QED) is 0.273. The number of rotatable bonds is 11. The van der Waals surface area contributed by atoms with E-state index in [0.29, 0.717) is 17.9 Å². The third kappa shape index (κ3) is 9.09. The molecule has 0 atom stereocenters. The van der Waals surface area contributed by atoms with E-state index in [4.69, 9.17) is 27.9 Å². The average Bonchev–Trinajstić information content (AvgIpc) is 2.87. The second kappa shape index (κ2) is 13.1. The molecule has 0 aliphatic carbocycles. The van der Waals surface area contributed by atoms with Crippen LogP contribution < -0.4 is 19.8 Å². The predicted octanol–water partition coefficient (Wildman–Crippen LogP) is 3.60. The zero-order chi connectivity index (χ0) is 26.8. The fourth-order valence-electron chi connectivity index (χ4n) is 3.03. The summed E-state index contributed by atoms with van der Waals surface area (Å²) in [6, 6.07) is 20.5. The van der Waals surface area contributed by atoms with E-state index in [0.717, 1.165) is 16.1 Å². The Hall–Kier alpha value is -3.60. The van der Waals surface area contributed by atoms with Crippen molar-refractivity contribution in [1.82, 2.24) is 10.7 Å². The van der Waals surface area contributed by atoms with E-state index in [1.165, 1.54) is 24.4 Å². The molecular weight excluding hydrogens is 539 g/mol. The zero-order valence-electron chi connectivity index (χ0n) is 19.7. The Morgan fingerprint density at radius 3 is 2.32 bits per heavy atom. The molecule has 2 amide bonds. The second-order valence-corrected chi connectivity index (χ2v) is 10.5. The van der Waals surface area contributed by atoms with Crippen LogP contribution in [0.2, 0.25) is 10.0 Å². The summed E-state index contributed by atoms with van der Waals surface area (Å²) in [5.74, 6) is -0.420. The predicted molar refractivity (Wildman–Crippen MR) is 145 cm³/mol. The number of hydrogen-bond donors (Lipinski definition) is 2. The summed E-state index contributed by atoms with van der Waals surface area (Å²) in [5.41, 5.74) is 4.12. The summed E-state index contributed by atoms with van der Waals surface area (Å²) in [4.78, 5) is 24.3. The number of hydrogen-bond acceptors (Lipinski definition) is 6. The van der Waals surface area contributed by atoms with E-state index in [1.54, 1.807) is 24.3 Å². The van der Waals surface area contributed by atoms with Crippen molar-refractivity contribution in [2.45, 2.75) is 6.54 Å². The van der Waals surface area contributed by atoms with Crippen molar-refractivity contribution in [3.63, 3.8) is 0 Å². The van der Waals surface area contributed by atoms with Crippen molar-refractivity contribution >= 4 is 56.9 Å². The minimum absolute atomic E-state index is 0.133. The van der Waals surface area contributed by atoms with Crippen LogP contribution in [-0.2, 0) is 26.2 Å². The van der Waals surface area contributed by atoms with Crippen LogP contribution in [0.25, 0.3) is 0 Å². The van der Waals surface area contributed by atoms with Crippen LogP contribution in [0.4, 0.5) is 5.69 Å². The topological polar surface area (TPSA) is 117 Å². The first kappa shape index (κ1) is 28.0. The molecule has 3 aromatic carbocycles. The van der Waals surface area contributed by atoms with Crippen LogP contribution in [0.5, 0.6) is 5.75 Å². The summed E-state index contributed by atoms with van der Waals surface area (Å²) in [6.07, 6.45) is 2.36. The van der Waals surface area contributed by atoms with Gasteiger partial charge >= 0.3 is 0 Å². The van der Waals surface area contributed by atoms with Gasteiger partial charge in [0, 0.05) is 6.54 Å². The maximum absolute atomic E-state index is 12.3. The van der Waals surface area contributed by atoms with Crippen molar-refractivity contribution in [3.05, 3.63) is 94.0 Å². The van der Waals surface area contributed by atoms with Crippen LogP contribution in [-0.4, -0.2) is 45.9 Å². The lowest BCUT2D eigenvalue weighted by Gasteiger charge is -2.21. The van der Waals surface area contributed by atoms with Crippen LogP contribution in [0.15, 0.2) is 77.9 Å². The minimum Gasteiger partial charge on any atom is -0.484 e. The molecule has 194 valence electrons. The van der Waals surface area contributed by atoms with Gasteiger partial charge in [0.05, 0.1) is 28.2 Å². The van der Waals surface area contributed by atoms with Crippen molar-refractivity contribution in [2.75, 3.05) is 23.7 Å². The number of anilines is 1. The van der Waals surface area contributed by atoms with Gasteiger partial charge in [-0.3, -0.25) is 13.9 Å². The number of amides is 2. The summed E-state index contributed by atoms with van der Waals surface area (Å²) in [6.45, 7) is -0.223. The monoisotopic (exact) mass is 562 g/mol. The maximum Gasteiger partial charge on any atom is 0.260 e. The van der Waals surface area contributed by atoms with Crippen LogP contribution in [0, 0.1) is 0 Å². The van der Waals surface area contributed by atoms with E-state index >= 15 is 0 Å². The number of hydrazone groups is 1. The van der Waals surface area contributed by atoms with E-state index in [1.807, 2.05) is 30.3 Å². The molecule has 3 rings (SSSR count). The summed E-state index contributed by atoms with van der Waals surface area (Å²) in [7, 11) is -3.78. The van der Waals surface area contributed by atoms with Gasteiger partial charge in [-0.1, -0.05) is 53.5 Å². The number of nitrogens with one attached hydrogen (secondary N) is 2. The Kier molecular flexibility index (Phi) is 9.90. The van der Waals surface area contributed by atoms with Crippen molar-refractivity contribution in [1.29, 1.82) is 0 Å². The van der Waals surface area contributed by atoms with E-state index in [-0.39, 0.29) is 28.2 Å². The van der Waals surface area contributed by atoms with Gasteiger partial charge < -0.3 is 10.1 Å². The Balaban J connectivity index is 1.48. The maximum atomic E-state index is 12.3. The number of carbonyl (C=O) groups is 2. The van der Waals surface area contributed by atoms with Crippen LogP contribution in [0.1, 0.15) is 11.1 Å². The molecule has 0 aromatic heterocycles. The van der Waals surface area contributed by atoms with E-state index in [2.05, 4.69) is 15.8 Å².